The van der Waals surface area contributed by atoms with Gasteiger partial charge in [0.05, 0.1) is 0 Å². The lowest BCUT2D eigenvalue weighted by molar-refractivity contribution is -0.156. The van der Waals surface area contributed by atoms with Crippen LogP contribution in [0.1, 0.15) is 36.5 Å². The summed E-state index contributed by atoms with van der Waals surface area (Å²) in [5, 5.41) is 9.73. The first kappa shape index (κ1) is 13.6. The second-order valence-corrected chi connectivity index (χ2v) is 5.12. The van der Waals surface area contributed by atoms with Crippen LogP contribution in [0.25, 0.3) is 0 Å². The maximum Gasteiger partial charge on any atom is 0.334 e. The monoisotopic (exact) mass is 261 g/mol. The molecule has 0 fully saturated rings. The molecule has 1 aromatic rings. The predicted octanol–water partition coefficient (Wildman–Crippen LogP) is 2.09. The third-order valence-electron chi connectivity index (χ3n) is 3.90. The lowest BCUT2D eigenvalue weighted by atomic mass is 9.89. The molecule has 0 radical (unpaired) electrons. The minimum absolute atomic E-state index is 0.458. The van der Waals surface area contributed by atoms with Crippen LogP contribution in [0.15, 0.2) is 18.2 Å². The molecule has 1 unspecified atom stereocenters. The Morgan fingerprint density at radius 2 is 2.26 bits per heavy atom. The quantitative estimate of drug-likeness (QED) is 0.826. The molecule has 2 rings (SSSR count). The fourth-order valence-electron chi connectivity index (χ4n) is 2.96. The SMILES string of the molecule is CCCN(C=O)C1(C(=O)O)CCc2ccc(C)cc21. The van der Waals surface area contributed by atoms with Gasteiger partial charge in [-0.1, -0.05) is 30.7 Å². The number of aliphatic carboxylic acids is 1. The van der Waals surface area contributed by atoms with Crippen LogP contribution in [-0.4, -0.2) is 28.9 Å². The van der Waals surface area contributed by atoms with Gasteiger partial charge < -0.3 is 10.0 Å². The molecule has 19 heavy (non-hydrogen) atoms. The van der Waals surface area contributed by atoms with Crippen LogP contribution < -0.4 is 0 Å². The van der Waals surface area contributed by atoms with Crippen LogP contribution in [0.2, 0.25) is 0 Å². The molecular formula is C15H19NO3. The highest BCUT2D eigenvalue weighted by molar-refractivity contribution is 5.85. The van der Waals surface area contributed by atoms with Crippen molar-refractivity contribution in [1.29, 1.82) is 0 Å². The van der Waals surface area contributed by atoms with E-state index in [0.717, 1.165) is 23.1 Å². The molecule has 1 aliphatic rings. The molecule has 1 N–H and O–H groups in total. The van der Waals surface area contributed by atoms with Gasteiger partial charge in [-0.25, -0.2) is 4.79 Å². The second-order valence-electron chi connectivity index (χ2n) is 5.12. The number of carboxylic acids is 1. The molecule has 0 spiro atoms. The van der Waals surface area contributed by atoms with Crippen molar-refractivity contribution in [2.24, 2.45) is 0 Å². The zero-order chi connectivity index (χ0) is 14.0. The first-order valence-electron chi connectivity index (χ1n) is 6.61. The van der Waals surface area contributed by atoms with E-state index in [1.165, 1.54) is 4.90 Å². The molecule has 0 heterocycles. The Hall–Kier alpha value is -1.84. The fourth-order valence-corrected chi connectivity index (χ4v) is 2.96. The van der Waals surface area contributed by atoms with Crippen LogP contribution in [0.3, 0.4) is 0 Å². The topological polar surface area (TPSA) is 57.6 Å². The summed E-state index contributed by atoms with van der Waals surface area (Å²) < 4.78 is 0. The van der Waals surface area contributed by atoms with Crippen molar-refractivity contribution in [2.45, 2.75) is 38.6 Å². The average Bonchev–Trinajstić information content (AvgIpc) is 2.75. The molecule has 0 saturated heterocycles. The summed E-state index contributed by atoms with van der Waals surface area (Å²) in [5.41, 5.74) is 1.66. The summed E-state index contributed by atoms with van der Waals surface area (Å²) in [4.78, 5) is 24.7. The smallest absolute Gasteiger partial charge is 0.334 e. The van der Waals surface area contributed by atoms with Gasteiger partial charge >= 0.3 is 5.97 Å². The first-order valence-corrected chi connectivity index (χ1v) is 6.61. The number of benzene rings is 1. The summed E-state index contributed by atoms with van der Waals surface area (Å²) >= 11 is 0. The van der Waals surface area contributed by atoms with Gasteiger partial charge in [0, 0.05) is 6.54 Å². The van der Waals surface area contributed by atoms with Crippen molar-refractivity contribution in [3.8, 4) is 0 Å². The molecule has 1 atom stereocenters. The van der Waals surface area contributed by atoms with Crippen LogP contribution in [0.4, 0.5) is 0 Å². The zero-order valence-corrected chi connectivity index (χ0v) is 11.3. The van der Waals surface area contributed by atoms with Gasteiger partial charge in [0.2, 0.25) is 6.41 Å². The number of aryl methyl sites for hydroxylation is 2. The number of hydrogen-bond acceptors (Lipinski definition) is 2. The minimum atomic E-state index is -1.18. The lowest BCUT2D eigenvalue weighted by Gasteiger charge is -2.36. The van der Waals surface area contributed by atoms with Crippen molar-refractivity contribution in [3.05, 3.63) is 34.9 Å². The van der Waals surface area contributed by atoms with E-state index in [-0.39, 0.29) is 0 Å². The first-order chi connectivity index (χ1) is 9.06. The lowest BCUT2D eigenvalue weighted by Crippen LogP contribution is -2.50. The van der Waals surface area contributed by atoms with Gasteiger partial charge in [-0.2, -0.15) is 0 Å². The standard InChI is InChI=1S/C15H19NO3/c1-3-8-16(10-17)15(14(18)19)7-6-12-5-4-11(2)9-13(12)15/h4-5,9-10H,3,6-8H2,1-2H3,(H,18,19). The van der Waals surface area contributed by atoms with Crippen molar-refractivity contribution in [2.75, 3.05) is 6.54 Å². The highest BCUT2D eigenvalue weighted by atomic mass is 16.4. The predicted molar refractivity (Wildman–Crippen MR) is 71.9 cm³/mol. The van der Waals surface area contributed by atoms with E-state index >= 15 is 0 Å². The van der Waals surface area contributed by atoms with Crippen LogP contribution in [-0.2, 0) is 21.5 Å². The Balaban J connectivity index is 2.58. The fraction of sp³-hybridized carbons (Fsp3) is 0.467. The Kier molecular flexibility index (Phi) is 3.60. The highest BCUT2D eigenvalue weighted by Gasteiger charge is 2.49. The molecule has 4 nitrogen and oxygen atoms in total. The molecule has 102 valence electrons. The van der Waals surface area contributed by atoms with Crippen molar-refractivity contribution >= 4 is 12.4 Å². The summed E-state index contributed by atoms with van der Waals surface area (Å²) in [6, 6.07) is 5.87. The van der Waals surface area contributed by atoms with Crippen LogP contribution in [0.5, 0.6) is 0 Å². The molecule has 0 aromatic heterocycles. The molecule has 0 aliphatic heterocycles. The third kappa shape index (κ3) is 2.01. The molecule has 4 heteroatoms. The van der Waals surface area contributed by atoms with E-state index in [4.69, 9.17) is 0 Å². The van der Waals surface area contributed by atoms with Crippen LogP contribution in [0, 0.1) is 6.92 Å². The normalized spacial score (nSPS) is 20.9. The number of nitrogens with zero attached hydrogens (tertiary/aromatic N) is 1. The summed E-state index contributed by atoms with van der Waals surface area (Å²) in [6.07, 6.45) is 2.58. The number of carbonyl (C=O) groups is 2. The van der Waals surface area contributed by atoms with Crippen molar-refractivity contribution in [1.82, 2.24) is 4.90 Å². The second kappa shape index (κ2) is 5.03. The van der Waals surface area contributed by atoms with E-state index in [1.54, 1.807) is 0 Å². The molecule has 1 aliphatic carbocycles. The zero-order valence-electron chi connectivity index (χ0n) is 11.3. The van der Waals surface area contributed by atoms with Crippen molar-refractivity contribution < 1.29 is 14.7 Å². The number of amides is 1. The van der Waals surface area contributed by atoms with Crippen LogP contribution >= 0.6 is 0 Å². The van der Waals surface area contributed by atoms with Gasteiger partial charge in [0.15, 0.2) is 5.54 Å². The van der Waals surface area contributed by atoms with Gasteiger partial charge in [0.25, 0.3) is 0 Å². The molecule has 1 aromatic carbocycles. The molecule has 0 bridgehead atoms. The maximum atomic E-state index is 11.9. The average molecular weight is 261 g/mol. The Morgan fingerprint density at radius 1 is 1.53 bits per heavy atom. The van der Waals surface area contributed by atoms with Crippen molar-refractivity contribution in [3.63, 3.8) is 0 Å². The summed E-state index contributed by atoms with van der Waals surface area (Å²) in [6.45, 7) is 4.34. The number of carboxylic acid groups (broad SMARTS) is 1. The van der Waals surface area contributed by atoms with Gasteiger partial charge in [-0.15, -0.1) is 0 Å². The largest absolute Gasteiger partial charge is 0.479 e. The molecule has 1 amide bonds. The van der Waals surface area contributed by atoms with E-state index < -0.39 is 11.5 Å². The summed E-state index contributed by atoms with van der Waals surface area (Å²) in [7, 11) is 0. The van der Waals surface area contributed by atoms with E-state index in [2.05, 4.69) is 0 Å². The Labute approximate surface area is 113 Å². The minimum Gasteiger partial charge on any atom is -0.479 e. The van der Waals surface area contributed by atoms with Gasteiger partial charge in [0.1, 0.15) is 0 Å². The Bertz CT molecular complexity index is 512. The van der Waals surface area contributed by atoms with Gasteiger partial charge in [-0.3, -0.25) is 4.79 Å². The highest BCUT2D eigenvalue weighted by Crippen LogP contribution is 2.42. The number of hydrogen-bond donors (Lipinski definition) is 1. The number of rotatable bonds is 5. The van der Waals surface area contributed by atoms with Gasteiger partial charge in [-0.05, 0) is 37.3 Å². The van der Waals surface area contributed by atoms with E-state index in [9.17, 15) is 14.7 Å². The number of carbonyl (C=O) groups excluding carboxylic acids is 1. The van der Waals surface area contributed by atoms with E-state index in [0.29, 0.717) is 25.8 Å². The van der Waals surface area contributed by atoms with E-state index in [1.807, 2.05) is 32.0 Å². The number of fused-ring (bicyclic) bond motifs is 1. The Morgan fingerprint density at radius 3 is 2.84 bits per heavy atom. The summed E-state index contributed by atoms with van der Waals surface area (Å²) in [5.74, 6) is -0.933. The maximum absolute atomic E-state index is 11.9. The third-order valence-corrected chi connectivity index (χ3v) is 3.90. The molecular weight excluding hydrogens is 242 g/mol. The molecule has 0 saturated carbocycles.